The maximum absolute atomic E-state index is 12.3. The number of morpholine rings is 1. The fourth-order valence-corrected chi connectivity index (χ4v) is 3.32. The lowest BCUT2D eigenvalue weighted by atomic mass is 10.1. The van der Waals surface area contributed by atoms with Gasteiger partial charge >= 0.3 is 0 Å². The normalized spacial score (nSPS) is 17.5. The van der Waals surface area contributed by atoms with Gasteiger partial charge in [-0.15, -0.1) is 0 Å². The first-order valence-corrected chi connectivity index (χ1v) is 10.0. The molecule has 0 spiro atoms. The molecule has 1 aliphatic heterocycles. The molecular weight excluding hydrogens is 380 g/mol. The topological polar surface area (TPSA) is 60.0 Å². The molecular formula is C21H31ClN2O4. The van der Waals surface area contributed by atoms with Gasteiger partial charge in [0.25, 0.3) is 0 Å². The number of halogens is 1. The SMILES string of the molecule is COc1cc(C=CC(=O)NC(C)C(C)N2CCOCC2)cc(Cl)c1OC(C)C. The number of nitrogens with one attached hydrogen (secondary N) is 1. The molecule has 1 heterocycles. The Labute approximate surface area is 172 Å². The van der Waals surface area contributed by atoms with Gasteiger partial charge in [0.05, 0.1) is 31.5 Å². The molecule has 1 N–H and O–H groups in total. The van der Waals surface area contributed by atoms with Gasteiger partial charge in [-0.05, 0) is 51.5 Å². The molecule has 2 unspecified atom stereocenters. The van der Waals surface area contributed by atoms with E-state index in [1.807, 2.05) is 20.8 Å². The Hall–Kier alpha value is -1.76. The van der Waals surface area contributed by atoms with Crippen LogP contribution in [0.4, 0.5) is 0 Å². The molecule has 0 radical (unpaired) electrons. The summed E-state index contributed by atoms with van der Waals surface area (Å²) in [6, 6.07) is 3.82. The largest absolute Gasteiger partial charge is 0.493 e. The van der Waals surface area contributed by atoms with Crippen molar-refractivity contribution in [3.05, 3.63) is 28.8 Å². The summed E-state index contributed by atoms with van der Waals surface area (Å²) in [6.07, 6.45) is 3.21. The van der Waals surface area contributed by atoms with Crippen molar-refractivity contribution in [3.8, 4) is 11.5 Å². The third-order valence-electron chi connectivity index (χ3n) is 4.75. The highest BCUT2D eigenvalue weighted by atomic mass is 35.5. The van der Waals surface area contributed by atoms with E-state index in [1.165, 1.54) is 6.08 Å². The molecule has 2 atom stereocenters. The predicted molar refractivity (Wildman–Crippen MR) is 112 cm³/mol. The van der Waals surface area contributed by atoms with E-state index in [0.29, 0.717) is 16.5 Å². The Morgan fingerprint density at radius 3 is 2.54 bits per heavy atom. The quantitative estimate of drug-likeness (QED) is 0.666. The highest BCUT2D eigenvalue weighted by molar-refractivity contribution is 6.32. The second-order valence-corrected chi connectivity index (χ2v) is 7.63. The van der Waals surface area contributed by atoms with E-state index in [0.717, 1.165) is 31.9 Å². The second kappa shape index (κ2) is 10.7. The summed E-state index contributed by atoms with van der Waals surface area (Å²) in [5, 5.41) is 3.48. The van der Waals surface area contributed by atoms with Crippen LogP contribution in [0.1, 0.15) is 33.3 Å². The monoisotopic (exact) mass is 410 g/mol. The standard InChI is InChI=1S/C21H31ClN2O4/c1-14(2)28-21-18(22)12-17(13-19(21)26-5)6-7-20(25)23-15(3)16(4)24-8-10-27-11-9-24/h6-7,12-16H,8-11H2,1-5H3,(H,23,25). The van der Waals surface area contributed by atoms with Gasteiger partial charge in [0.2, 0.25) is 5.91 Å². The number of nitrogens with zero attached hydrogens (tertiary/aromatic N) is 1. The molecule has 1 saturated heterocycles. The molecule has 28 heavy (non-hydrogen) atoms. The van der Waals surface area contributed by atoms with Gasteiger partial charge in [-0.1, -0.05) is 11.6 Å². The van der Waals surface area contributed by atoms with Gasteiger partial charge in [-0.2, -0.15) is 0 Å². The molecule has 7 heteroatoms. The molecule has 1 aliphatic rings. The Morgan fingerprint density at radius 2 is 1.93 bits per heavy atom. The molecule has 0 aliphatic carbocycles. The number of carbonyl (C=O) groups is 1. The number of hydrogen-bond donors (Lipinski definition) is 1. The third kappa shape index (κ3) is 6.40. The van der Waals surface area contributed by atoms with Crippen molar-refractivity contribution >= 4 is 23.6 Å². The summed E-state index contributed by atoms with van der Waals surface area (Å²) in [5.41, 5.74) is 0.766. The number of methoxy groups -OCH3 is 1. The van der Waals surface area contributed by atoms with E-state index in [1.54, 1.807) is 25.3 Å². The average molecular weight is 411 g/mol. The van der Waals surface area contributed by atoms with Crippen LogP contribution in [-0.2, 0) is 9.53 Å². The number of hydrogen-bond acceptors (Lipinski definition) is 5. The van der Waals surface area contributed by atoms with Gasteiger partial charge in [0, 0.05) is 31.2 Å². The molecule has 156 valence electrons. The number of benzene rings is 1. The van der Waals surface area contributed by atoms with E-state index >= 15 is 0 Å². The van der Waals surface area contributed by atoms with Crippen molar-refractivity contribution in [1.82, 2.24) is 10.2 Å². The van der Waals surface area contributed by atoms with Crippen molar-refractivity contribution in [2.75, 3.05) is 33.4 Å². The van der Waals surface area contributed by atoms with Gasteiger partial charge < -0.3 is 19.5 Å². The average Bonchev–Trinajstić information content (AvgIpc) is 2.67. The van der Waals surface area contributed by atoms with Crippen LogP contribution >= 0.6 is 11.6 Å². The van der Waals surface area contributed by atoms with E-state index in [9.17, 15) is 4.79 Å². The Morgan fingerprint density at radius 1 is 1.25 bits per heavy atom. The molecule has 1 fully saturated rings. The van der Waals surface area contributed by atoms with Crippen LogP contribution in [0.5, 0.6) is 11.5 Å². The summed E-state index contributed by atoms with van der Waals surface area (Å²) < 4.78 is 16.5. The van der Waals surface area contributed by atoms with Crippen LogP contribution in [0.15, 0.2) is 18.2 Å². The van der Waals surface area contributed by atoms with E-state index in [-0.39, 0.29) is 24.1 Å². The first kappa shape index (κ1) is 22.5. The second-order valence-electron chi connectivity index (χ2n) is 7.22. The smallest absolute Gasteiger partial charge is 0.244 e. The third-order valence-corrected chi connectivity index (χ3v) is 5.03. The van der Waals surface area contributed by atoms with Crippen LogP contribution < -0.4 is 14.8 Å². The van der Waals surface area contributed by atoms with Crippen LogP contribution in [0, 0.1) is 0 Å². The zero-order valence-electron chi connectivity index (χ0n) is 17.3. The first-order valence-electron chi connectivity index (χ1n) is 9.66. The van der Waals surface area contributed by atoms with E-state index in [4.69, 9.17) is 25.8 Å². The van der Waals surface area contributed by atoms with Crippen LogP contribution in [0.3, 0.4) is 0 Å². The number of carbonyl (C=O) groups excluding carboxylic acids is 1. The molecule has 2 rings (SSSR count). The molecule has 0 saturated carbocycles. The Balaban J connectivity index is 2.00. The lowest BCUT2D eigenvalue weighted by molar-refractivity contribution is -0.117. The molecule has 1 amide bonds. The summed E-state index contributed by atoms with van der Waals surface area (Å²) in [5.74, 6) is 0.898. The number of ether oxygens (including phenoxy) is 3. The fourth-order valence-electron chi connectivity index (χ4n) is 3.05. The summed E-state index contributed by atoms with van der Waals surface area (Å²) in [7, 11) is 1.56. The molecule has 0 bridgehead atoms. The predicted octanol–water partition coefficient (Wildman–Crippen LogP) is 3.37. The fraction of sp³-hybridized carbons (Fsp3) is 0.571. The van der Waals surface area contributed by atoms with E-state index in [2.05, 4.69) is 17.1 Å². The van der Waals surface area contributed by atoms with Crippen molar-refractivity contribution < 1.29 is 19.0 Å². The van der Waals surface area contributed by atoms with Crippen molar-refractivity contribution in [1.29, 1.82) is 0 Å². The Kier molecular flexibility index (Phi) is 8.60. The maximum Gasteiger partial charge on any atom is 0.244 e. The zero-order chi connectivity index (χ0) is 20.7. The highest BCUT2D eigenvalue weighted by Crippen LogP contribution is 2.37. The van der Waals surface area contributed by atoms with Gasteiger partial charge in [-0.3, -0.25) is 9.69 Å². The minimum atomic E-state index is -0.148. The van der Waals surface area contributed by atoms with Crippen LogP contribution in [0.25, 0.3) is 6.08 Å². The summed E-state index contributed by atoms with van der Waals surface area (Å²) in [6.45, 7) is 11.2. The zero-order valence-corrected chi connectivity index (χ0v) is 18.1. The van der Waals surface area contributed by atoms with Crippen LogP contribution in [-0.4, -0.2) is 62.4 Å². The van der Waals surface area contributed by atoms with Crippen LogP contribution in [0.2, 0.25) is 5.02 Å². The lowest BCUT2D eigenvalue weighted by Crippen LogP contribution is -2.51. The van der Waals surface area contributed by atoms with E-state index < -0.39 is 0 Å². The van der Waals surface area contributed by atoms with Crippen molar-refractivity contribution in [3.63, 3.8) is 0 Å². The first-order chi connectivity index (χ1) is 13.3. The van der Waals surface area contributed by atoms with Crippen molar-refractivity contribution in [2.24, 2.45) is 0 Å². The summed E-state index contributed by atoms with van der Waals surface area (Å²) in [4.78, 5) is 14.7. The van der Waals surface area contributed by atoms with Gasteiger partial charge in [0.1, 0.15) is 0 Å². The summed E-state index contributed by atoms with van der Waals surface area (Å²) >= 11 is 6.33. The lowest BCUT2D eigenvalue weighted by Gasteiger charge is -2.35. The molecule has 1 aromatic rings. The molecule has 1 aromatic carbocycles. The van der Waals surface area contributed by atoms with Gasteiger partial charge in [0.15, 0.2) is 11.5 Å². The van der Waals surface area contributed by atoms with Gasteiger partial charge in [-0.25, -0.2) is 0 Å². The minimum Gasteiger partial charge on any atom is -0.493 e. The maximum atomic E-state index is 12.3. The van der Waals surface area contributed by atoms with Crippen molar-refractivity contribution in [2.45, 2.75) is 45.9 Å². The highest BCUT2D eigenvalue weighted by Gasteiger charge is 2.22. The molecule has 6 nitrogen and oxygen atoms in total. The number of amides is 1. The number of rotatable bonds is 8. The molecule has 0 aromatic heterocycles. The Bertz CT molecular complexity index is 687. The minimum absolute atomic E-state index is 0.0199.